The van der Waals surface area contributed by atoms with E-state index in [1.54, 1.807) is 0 Å². The fourth-order valence-corrected chi connectivity index (χ4v) is 3.25. The minimum atomic E-state index is 0.237. The molecular formula is C16H23N3O. The molecule has 1 aromatic carbocycles. The number of likely N-dealkylation sites (tertiary alicyclic amines) is 1. The molecule has 0 aromatic heterocycles. The molecule has 2 aliphatic heterocycles. The van der Waals surface area contributed by atoms with Crippen LogP contribution in [0.2, 0.25) is 0 Å². The fourth-order valence-electron chi connectivity index (χ4n) is 3.25. The molecule has 1 amide bonds. The number of benzene rings is 1. The molecule has 0 bridgehead atoms. The average Bonchev–Trinajstić information content (AvgIpc) is 2.92. The predicted molar refractivity (Wildman–Crippen MR) is 80.7 cm³/mol. The van der Waals surface area contributed by atoms with Gasteiger partial charge in [-0.3, -0.25) is 9.69 Å². The van der Waals surface area contributed by atoms with Crippen LogP contribution in [-0.4, -0.2) is 43.5 Å². The quantitative estimate of drug-likeness (QED) is 0.901. The van der Waals surface area contributed by atoms with E-state index >= 15 is 0 Å². The van der Waals surface area contributed by atoms with E-state index in [1.165, 1.54) is 5.56 Å². The van der Waals surface area contributed by atoms with E-state index in [2.05, 4.69) is 17.0 Å². The van der Waals surface area contributed by atoms with Gasteiger partial charge in [0, 0.05) is 12.2 Å². The zero-order chi connectivity index (χ0) is 13.9. The van der Waals surface area contributed by atoms with Gasteiger partial charge in [-0.05, 0) is 56.4 Å². The number of piperidine rings is 1. The van der Waals surface area contributed by atoms with Gasteiger partial charge in [0.2, 0.25) is 5.91 Å². The number of hydrogen-bond donors (Lipinski definition) is 1. The minimum absolute atomic E-state index is 0.237. The van der Waals surface area contributed by atoms with Crippen LogP contribution >= 0.6 is 0 Å². The van der Waals surface area contributed by atoms with Crippen LogP contribution in [0, 0.1) is 5.92 Å². The number of rotatable bonds is 3. The molecule has 2 N–H and O–H groups in total. The molecule has 0 spiro atoms. The Hall–Kier alpha value is -1.39. The highest BCUT2D eigenvalue weighted by Gasteiger charge is 2.26. The first-order chi connectivity index (χ1) is 9.78. The van der Waals surface area contributed by atoms with Gasteiger partial charge < -0.3 is 10.6 Å². The van der Waals surface area contributed by atoms with Crippen LogP contribution in [0.5, 0.6) is 0 Å². The van der Waals surface area contributed by atoms with Crippen molar-refractivity contribution >= 4 is 11.6 Å². The van der Waals surface area contributed by atoms with E-state index < -0.39 is 0 Å². The molecule has 0 radical (unpaired) electrons. The van der Waals surface area contributed by atoms with Crippen LogP contribution in [-0.2, 0) is 11.2 Å². The van der Waals surface area contributed by atoms with Crippen molar-refractivity contribution in [3.05, 3.63) is 29.8 Å². The molecule has 2 aliphatic rings. The lowest BCUT2D eigenvalue weighted by Gasteiger charge is -2.32. The van der Waals surface area contributed by atoms with Gasteiger partial charge in [0.25, 0.3) is 0 Å². The van der Waals surface area contributed by atoms with Crippen LogP contribution < -0.4 is 10.6 Å². The van der Waals surface area contributed by atoms with Gasteiger partial charge in [-0.25, -0.2) is 0 Å². The van der Waals surface area contributed by atoms with E-state index in [1.807, 2.05) is 17.0 Å². The number of amides is 1. The maximum atomic E-state index is 12.5. The first-order valence-corrected chi connectivity index (χ1v) is 7.58. The summed E-state index contributed by atoms with van der Waals surface area (Å²) in [4.78, 5) is 16.7. The number of nitrogens with zero attached hydrogens (tertiary/aromatic N) is 2. The first-order valence-electron chi connectivity index (χ1n) is 7.58. The van der Waals surface area contributed by atoms with Crippen molar-refractivity contribution in [1.82, 2.24) is 4.90 Å². The first kappa shape index (κ1) is 13.6. The van der Waals surface area contributed by atoms with Crippen LogP contribution in [0.4, 0.5) is 5.69 Å². The zero-order valence-electron chi connectivity index (χ0n) is 11.9. The lowest BCUT2D eigenvalue weighted by molar-refractivity contribution is -0.120. The Kier molecular flexibility index (Phi) is 4.03. The minimum Gasteiger partial charge on any atom is -0.330 e. The van der Waals surface area contributed by atoms with Crippen LogP contribution in [0.1, 0.15) is 18.4 Å². The van der Waals surface area contributed by atoms with Crippen LogP contribution in [0.15, 0.2) is 24.3 Å². The molecule has 1 fully saturated rings. The molecule has 3 rings (SSSR count). The number of para-hydroxylation sites is 1. The number of carbonyl (C=O) groups is 1. The zero-order valence-corrected chi connectivity index (χ0v) is 11.9. The predicted octanol–water partition coefficient (Wildman–Crippen LogP) is 1.25. The van der Waals surface area contributed by atoms with E-state index in [9.17, 15) is 4.79 Å². The number of hydrogen-bond acceptors (Lipinski definition) is 3. The number of anilines is 1. The average molecular weight is 273 g/mol. The molecule has 4 heteroatoms. The second-order valence-electron chi connectivity index (χ2n) is 5.88. The molecule has 0 aliphatic carbocycles. The second kappa shape index (κ2) is 5.94. The van der Waals surface area contributed by atoms with Crippen molar-refractivity contribution in [2.45, 2.75) is 19.3 Å². The highest BCUT2D eigenvalue weighted by atomic mass is 16.2. The lowest BCUT2D eigenvalue weighted by Crippen LogP contribution is -2.43. The van der Waals surface area contributed by atoms with E-state index in [-0.39, 0.29) is 5.91 Å². The monoisotopic (exact) mass is 273 g/mol. The molecule has 108 valence electrons. The highest BCUT2D eigenvalue weighted by molar-refractivity contribution is 5.96. The number of nitrogens with two attached hydrogens (primary N) is 1. The number of fused-ring (bicyclic) bond motifs is 1. The molecule has 0 unspecified atom stereocenters. The summed E-state index contributed by atoms with van der Waals surface area (Å²) >= 11 is 0. The maximum Gasteiger partial charge on any atom is 0.241 e. The summed E-state index contributed by atoms with van der Waals surface area (Å²) in [7, 11) is 0. The van der Waals surface area contributed by atoms with Gasteiger partial charge in [-0.1, -0.05) is 18.2 Å². The normalized spacial score (nSPS) is 20.1. The van der Waals surface area contributed by atoms with Gasteiger partial charge >= 0.3 is 0 Å². The van der Waals surface area contributed by atoms with E-state index in [0.717, 1.165) is 51.1 Å². The van der Waals surface area contributed by atoms with Crippen LogP contribution in [0.3, 0.4) is 0 Å². The van der Waals surface area contributed by atoms with Crippen molar-refractivity contribution in [2.75, 3.05) is 37.6 Å². The smallest absolute Gasteiger partial charge is 0.241 e. The van der Waals surface area contributed by atoms with Gasteiger partial charge in [0.15, 0.2) is 0 Å². The van der Waals surface area contributed by atoms with Gasteiger partial charge in [-0.15, -0.1) is 0 Å². The number of carbonyl (C=O) groups excluding carboxylic acids is 1. The third-order valence-corrected chi connectivity index (χ3v) is 4.59. The highest BCUT2D eigenvalue weighted by Crippen LogP contribution is 2.27. The summed E-state index contributed by atoms with van der Waals surface area (Å²) in [6, 6.07) is 8.23. The molecule has 0 saturated carbocycles. The third-order valence-electron chi connectivity index (χ3n) is 4.59. The summed E-state index contributed by atoms with van der Waals surface area (Å²) in [5.74, 6) is 0.884. The standard InChI is InChI=1S/C16H23N3O/c17-11-13-5-8-18(9-6-13)12-16(20)19-10-7-14-3-1-2-4-15(14)19/h1-4,13H,5-12,17H2. The van der Waals surface area contributed by atoms with E-state index in [0.29, 0.717) is 12.5 Å². The molecule has 1 saturated heterocycles. The second-order valence-corrected chi connectivity index (χ2v) is 5.88. The largest absolute Gasteiger partial charge is 0.330 e. The van der Waals surface area contributed by atoms with E-state index in [4.69, 9.17) is 5.73 Å². The molecule has 1 aromatic rings. The summed E-state index contributed by atoms with van der Waals surface area (Å²) in [5, 5.41) is 0. The van der Waals surface area contributed by atoms with Crippen molar-refractivity contribution in [3.63, 3.8) is 0 Å². The van der Waals surface area contributed by atoms with Crippen molar-refractivity contribution < 1.29 is 4.79 Å². The molecular weight excluding hydrogens is 250 g/mol. The Bertz CT molecular complexity index is 480. The summed E-state index contributed by atoms with van der Waals surface area (Å²) in [6.07, 6.45) is 3.23. The van der Waals surface area contributed by atoms with Gasteiger partial charge in [0.05, 0.1) is 6.54 Å². The Morgan fingerprint density at radius 1 is 1.20 bits per heavy atom. The Morgan fingerprint density at radius 2 is 1.95 bits per heavy atom. The molecule has 20 heavy (non-hydrogen) atoms. The maximum absolute atomic E-state index is 12.5. The Labute approximate surface area is 120 Å². The third kappa shape index (κ3) is 2.72. The molecule has 4 nitrogen and oxygen atoms in total. The van der Waals surface area contributed by atoms with Crippen molar-refractivity contribution in [2.24, 2.45) is 11.7 Å². The summed E-state index contributed by atoms with van der Waals surface area (Å²) in [6.45, 7) is 4.16. The topological polar surface area (TPSA) is 49.6 Å². The van der Waals surface area contributed by atoms with Crippen LogP contribution in [0.25, 0.3) is 0 Å². The lowest BCUT2D eigenvalue weighted by atomic mass is 9.97. The molecule has 0 atom stereocenters. The van der Waals surface area contributed by atoms with Gasteiger partial charge in [0.1, 0.15) is 0 Å². The summed E-state index contributed by atoms with van der Waals surface area (Å²) < 4.78 is 0. The molecule has 2 heterocycles. The van der Waals surface area contributed by atoms with Gasteiger partial charge in [-0.2, -0.15) is 0 Å². The Morgan fingerprint density at radius 3 is 2.70 bits per heavy atom. The van der Waals surface area contributed by atoms with Crippen molar-refractivity contribution in [3.8, 4) is 0 Å². The Balaban J connectivity index is 1.58. The fraction of sp³-hybridized carbons (Fsp3) is 0.562. The van der Waals surface area contributed by atoms with Crippen molar-refractivity contribution in [1.29, 1.82) is 0 Å². The SMILES string of the molecule is NCC1CCN(CC(=O)N2CCc3ccccc32)CC1. The summed E-state index contributed by atoms with van der Waals surface area (Å²) in [5.41, 5.74) is 8.11.